The van der Waals surface area contributed by atoms with E-state index in [-0.39, 0.29) is 28.6 Å². The molecule has 1 aliphatic rings. The number of fused-ring (bicyclic) bond motifs is 1. The highest BCUT2D eigenvalue weighted by atomic mass is 35.5. The fourth-order valence-corrected chi connectivity index (χ4v) is 4.03. The van der Waals surface area contributed by atoms with Crippen LogP contribution in [0.3, 0.4) is 0 Å². The molecule has 10 heteroatoms. The lowest BCUT2D eigenvalue weighted by Gasteiger charge is -2.22. The molecule has 1 aromatic carbocycles. The average Bonchev–Trinajstić information content (AvgIpc) is 3.11. The van der Waals surface area contributed by atoms with E-state index in [9.17, 15) is 9.50 Å². The lowest BCUT2D eigenvalue weighted by molar-refractivity contribution is -0.0312. The Hall–Kier alpha value is -2.33. The summed E-state index contributed by atoms with van der Waals surface area (Å²) in [5, 5.41) is 19.6. The smallest absolute Gasteiger partial charge is 0.220 e. The molecule has 2 atom stereocenters. The third-order valence-corrected chi connectivity index (χ3v) is 5.51. The number of hydrogen-bond donors (Lipinski definition) is 3. The van der Waals surface area contributed by atoms with Crippen molar-refractivity contribution in [3.05, 3.63) is 35.0 Å². The van der Waals surface area contributed by atoms with Crippen molar-refractivity contribution in [1.82, 2.24) is 19.5 Å². The normalized spacial score (nSPS) is 19.0. The second kappa shape index (κ2) is 9.89. The minimum Gasteiger partial charge on any atom is -0.391 e. The Labute approximate surface area is 197 Å². The molecule has 2 unspecified atom stereocenters. The summed E-state index contributed by atoms with van der Waals surface area (Å²) in [5.74, 6) is 0.459. The van der Waals surface area contributed by atoms with E-state index in [4.69, 9.17) is 27.2 Å². The molecule has 3 heterocycles. The van der Waals surface area contributed by atoms with Gasteiger partial charge in [0.15, 0.2) is 5.82 Å². The number of nitrogens with two attached hydrogens (primary N) is 1. The highest BCUT2D eigenvalue weighted by molar-refractivity contribution is 6.33. The molecule has 1 aliphatic heterocycles. The van der Waals surface area contributed by atoms with Gasteiger partial charge in [0.05, 0.1) is 35.1 Å². The van der Waals surface area contributed by atoms with E-state index in [1.165, 1.54) is 12.3 Å². The molecule has 0 radical (unpaired) electrons. The molecule has 0 amide bonds. The molecular formula is C23H31ClFN5O3. The Morgan fingerprint density at radius 1 is 1.27 bits per heavy atom. The SMILES string of the molecule is CC(C)n1c(C(C)(C)O)nc2c(F)cc(-c3nc(N)ncc3Cl)cc21.CC1COCC(O)C1. The van der Waals surface area contributed by atoms with Crippen LogP contribution in [0.1, 0.15) is 52.9 Å². The Morgan fingerprint density at radius 2 is 1.97 bits per heavy atom. The summed E-state index contributed by atoms with van der Waals surface area (Å²) in [6.45, 7) is 10.6. The first-order chi connectivity index (χ1) is 15.4. The Bertz CT molecular complexity index is 1120. The third kappa shape index (κ3) is 5.78. The molecule has 0 aliphatic carbocycles. The number of ether oxygens (including phenoxy) is 1. The van der Waals surface area contributed by atoms with Crippen molar-refractivity contribution in [2.75, 3.05) is 18.9 Å². The first-order valence-corrected chi connectivity index (χ1v) is 11.2. The molecule has 4 rings (SSSR count). The van der Waals surface area contributed by atoms with Gasteiger partial charge in [-0.25, -0.2) is 19.3 Å². The van der Waals surface area contributed by atoms with Gasteiger partial charge in [-0.1, -0.05) is 18.5 Å². The number of anilines is 1. The molecule has 1 fully saturated rings. The van der Waals surface area contributed by atoms with Crippen LogP contribution in [0, 0.1) is 11.7 Å². The van der Waals surface area contributed by atoms with E-state index in [2.05, 4.69) is 21.9 Å². The van der Waals surface area contributed by atoms with Gasteiger partial charge in [0.25, 0.3) is 0 Å². The highest BCUT2D eigenvalue weighted by Crippen LogP contribution is 2.34. The lowest BCUT2D eigenvalue weighted by Crippen LogP contribution is -2.27. The first-order valence-electron chi connectivity index (χ1n) is 10.9. The van der Waals surface area contributed by atoms with Crippen molar-refractivity contribution >= 4 is 28.6 Å². The molecule has 1 saturated heterocycles. The van der Waals surface area contributed by atoms with Gasteiger partial charge in [-0.15, -0.1) is 0 Å². The van der Waals surface area contributed by atoms with Gasteiger partial charge in [0.1, 0.15) is 16.9 Å². The maximum atomic E-state index is 14.7. The van der Waals surface area contributed by atoms with Crippen LogP contribution in [0.15, 0.2) is 18.3 Å². The van der Waals surface area contributed by atoms with Gasteiger partial charge in [-0.05, 0) is 52.2 Å². The zero-order chi connectivity index (χ0) is 24.5. The van der Waals surface area contributed by atoms with E-state index in [1.807, 2.05) is 13.8 Å². The van der Waals surface area contributed by atoms with Gasteiger partial charge in [-0.3, -0.25) is 0 Å². The molecule has 4 N–H and O–H groups in total. The Balaban J connectivity index is 0.000000323. The van der Waals surface area contributed by atoms with Crippen molar-refractivity contribution < 1.29 is 19.3 Å². The summed E-state index contributed by atoms with van der Waals surface area (Å²) in [5.41, 5.74) is 5.96. The van der Waals surface area contributed by atoms with E-state index >= 15 is 0 Å². The standard InChI is InChI=1S/C17H19ClFN5O.C6H12O2/c1-8(2)24-12-6-9(13-10(18)7-21-16(20)23-13)5-11(19)14(12)22-15(24)17(3,4)25;1-5-2-6(7)4-8-3-5/h5-8,25H,1-4H3,(H2,20,21,23);5-7H,2-4H2,1H3. The molecule has 33 heavy (non-hydrogen) atoms. The molecule has 0 bridgehead atoms. The number of hydrogen-bond acceptors (Lipinski definition) is 7. The van der Waals surface area contributed by atoms with Gasteiger partial charge < -0.3 is 25.3 Å². The largest absolute Gasteiger partial charge is 0.391 e. The van der Waals surface area contributed by atoms with Crippen LogP contribution in [0.5, 0.6) is 0 Å². The number of imidazole rings is 1. The fourth-order valence-electron chi connectivity index (χ4n) is 3.83. The summed E-state index contributed by atoms with van der Waals surface area (Å²) in [4.78, 5) is 12.3. The van der Waals surface area contributed by atoms with Crippen LogP contribution in [-0.2, 0) is 10.3 Å². The average molecular weight is 480 g/mol. The van der Waals surface area contributed by atoms with E-state index < -0.39 is 11.4 Å². The number of nitrogens with zero attached hydrogens (tertiary/aromatic N) is 4. The highest BCUT2D eigenvalue weighted by Gasteiger charge is 2.28. The summed E-state index contributed by atoms with van der Waals surface area (Å²) in [6, 6.07) is 3.02. The van der Waals surface area contributed by atoms with Crippen LogP contribution in [-0.4, -0.2) is 49.0 Å². The van der Waals surface area contributed by atoms with Crippen molar-refractivity contribution in [1.29, 1.82) is 0 Å². The predicted octanol–water partition coefficient (Wildman–Crippen LogP) is 4.08. The lowest BCUT2D eigenvalue weighted by atomic mass is 10.0. The van der Waals surface area contributed by atoms with Crippen LogP contribution in [0.4, 0.5) is 10.3 Å². The van der Waals surface area contributed by atoms with Crippen molar-refractivity contribution in [3.8, 4) is 11.3 Å². The van der Waals surface area contributed by atoms with Crippen LogP contribution in [0.2, 0.25) is 5.02 Å². The fraction of sp³-hybridized carbons (Fsp3) is 0.522. The summed E-state index contributed by atoms with van der Waals surface area (Å²) in [7, 11) is 0. The minimum absolute atomic E-state index is 0.0352. The third-order valence-electron chi connectivity index (χ3n) is 5.24. The number of aliphatic hydroxyl groups is 2. The maximum absolute atomic E-state index is 14.7. The van der Waals surface area contributed by atoms with Gasteiger partial charge >= 0.3 is 0 Å². The first kappa shape index (κ1) is 25.3. The zero-order valence-electron chi connectivity index (χ0n) is 19.5. The van der Waals surface area contributed by atoms with Crippen molar-refractivity contribution in [3.63, 3.8) is 0 Å². The molecule has 2 aromatic heterocycles. The second-order valence-corrected chi connectivity index (χ2v) is 9.65. The van der Waals surface area contributed by atoms with Gasteiger partial charge in [-0.2, -0.15) is 0 Å². The van der Waals surface area contributed by atoms with Crippen LogP contribution in [0.25, 0.3) is 22.3 Å². The zero-order valence-corrected chi connectivity index (χ0v) is 20.3. The Morgan fingerprint density at radius 3 is 2.52 bits per heavy atom. The molecule has 180 valence electrons. The number of aromatic nitrogens is 4. The van der Waals surface area contributed by atoms with Crippen molar-refractivity contribution in [2.45, 2.75) is 58.8 Å². The number of rotatable bonds is 3. The monoisotopic (exact) mass is 479 g/mol. The van der Waals surface area contributed by atoms with Gasteiger partial charge in [0, 0.05) is 18.2 Å². The molecule has 3 aromatic rings. The molecular weight excluding hydrogens is 449 g/mol. The number of nitrogen functional groups attached to an aromatic ring is 1. The maximum Gasteiger partial charge on any atom is 0.220 e. The quantitative estimate of drug-likeness (QED) is 0.517. The molecule has 0 spiro atoms. The van der Waals surface area contributed by atoms with Gasteiger partial charge in [0.2, 0.25) is 5.95 Å². The van der Waals surface area contributed by atoms with Crippen LogP contribution >= 0.6 is 11.6 Å². The number of benzene rings is 1. The number of halogens is 2. The topological polar surface area (TPSA) is 119 Å². The Kier molecular flexibility index (Phi) is 7.58. The van der Waals surface area contributed by atoms with Crippen LogP contribution < -0.4 is 5.73 Å². The predicted molar refractivity (Wildman–Crippen MR) is 126 cm³/mol. The molecule has 8 nitrogen and oxygen atoms in total. The molecule has 0 saturated carbocycles. The van der Waals surface area contributed by atoms with Crippen molar-refractivity contribution in [2.24, 2.45) is 5.92 Å². The second-order valence-electron chi connectivity index (χ2n) is 9.24. The summed E-state index contributed by atoms with van der Waals surface area (Å²) < 4.78 is 21.6. The summed E-state index contributed by atoms with van der Waals surface area (Å²) in [6.07, 6.45) is 2.07. The van der Waals surface area contributed by atoms with E-state index in [0.717, 1.165) is 13.0 Å². The number of aliphatic hydroxyl groups excluding tert-OH is 1. The van der Waals surface area contributed by atoms with E-state index in [1.54, 1.807) is 24.5 Å². The summed E-state index contributed by atoms with van der Waals surface area (Å²) >= 11 is 6.15. The van der Waals surface area contributed by atoms with E-state index in [0.29, 0.717) is 35.1 Å². The minimum atomic E-state index is -1.22.